The minimum Gasteiger partial charge on any atom is -0.481 e. The SMILES string of the molecule is O=C(CC1CCCCO1)NCC1CCCC1C(=O)O. The van der Waals surface area contributed by atoms with E-state index >= 15 is 0 Å². The van der Waals surface area contributed by atoms with Crippen LogP contribution in [-0.2, 0) is 14.3 Å². The van der Waals surface area contributed by atoms with Gasteiger partial charge in [0.1, 0.15) is 0 Å². The molecule has 3 atom stereocenters. The van der Waals surface area contributed by atoms with Crippen LogP contribution in [0.2, 0.25) is 0 Å². The van der Waals surface area contributed by atoms with Gasteiger partial charge in [0.15, 0.2) is 0 Å². The maximum absolute atomic E-state index is 11.8. The third-order valence-corrected chi connectivity index (χ3v) is 4.22. The van der Waals surface area contributed by atoms with E-state index in [1.165, 1.54) is 0 Å². The van der Waals surface area contributed by atoms with Crippen molar-refractivity contribution in [3.8, 4) is 0 Å². The lowest BCUT2D eigenvalue weighted by atomic mass is 9.96. The van der Waals surface area contributed by atoms with Gasteiger partial charge in [-0.1, -0.05) is 6.42 Å². The van der Waals surface area contributed by atoms with Gasteiger partial charge in [-0.3, -0.25) is 9.59 Å². The van der Waals surface area contributed by atoms with E-state index in [1.807, 2.05) is 0 Å². The summed E-state index contributed by atoms with van der Waals surface area (Å²) in [6.07, 6.45) is 6.20. The molecule has 1 aliphatic carbocycles. The summed E-state index contributed by atoms with van der Waals surface area (Å²) in [6, 6.07) is 0. The highest BCUT2D eigenvalue weighted by atomic mass is 16.5. The second-order valence-corrected chi connectivity index (χ2v) is 5.63. The van der Waals surface area contributed by atoms with Crippen LogP contribution in [0.5, 0.6) is 0 Å². The van der Waals surface area contributed by atoms with Crippen molar-refractivity contribution in [2.75, 3.05) is 13.2 Å². The maximum Gasteiger partial charge on any atom is 0.306 e. The van der Waals surface area contributed by atoms with Crippen LogP contribution < -0.4 is 5.32 Å². The van der Waals surface area contributed by atoms with E-state index in [0.29, 0.717) is 13.0 Å². The number of ether oxygens (including phenoxy) is 1. The number of nitrogens with one attached hydrogen (secondary N) is 1. The zero-order chi connectivity index (χ0) is 13.7. The summed E-state index contributed by atoms with van der Waals surface area (Å²) in [6.45, 7) is 1.24. The minimum atomic E-state index is -0.729. The number of carboxylic acids is 1. The Morgan fingerprint density at radius 3 is 2.68 bits per heavy atom. The second-order valence-electron chi connectivity index (χ2n) is 5.63. The second kappa shape index (κ2) is 6.89. The number of carbonyl (C=O) groups is 2. The van der Waals surface area contributed by atoms with Gasteiger partial charge in [-0.05, 0) is 38.0 Å². The minimum absolute atomic E-state index is 0.0112. The van der Waals surface area contributed by atoms with Crippen molar-refractivity contribution < 1.29 is 19.4 Å². The van der Waals surface area contributed by atoms with E-state index in [9.17, 15) is 9.59 Å². The van der Waals surface area contributed by atoms with Gasteiger partial charge in [-0.15, -0.1) is 0 Å². The molecule has 2 aliphatic rings. The molecule has 0 spiro atoms. The van der Waals surface area contributed by atoms with Gasteiger partial charge in [0.05, 0.1) is 18.4 Å². The molecule has 1 saturated carbocycles. The Morgan fingerprint density at radius 1 is 1.16 bits per heavy atom. The van der Waals surface area contributed by atoms with Crippen molar-refractivity contribution in [2.45, 2.75) is 51.0 Å². The number of carboxylic acid groups (broad SMARTS) is 1. The van der Waals surface area contributed by atoms with Crippen molar-refractivity contribution in [2.24, 2.45) is 11.8 Å². The average molecular weight is 269 g/mol. The van der Waals surface area contributed by atoms with E-state index in [4.69, 9.17) is 9.84 Å². The Labute approximate surface area is 113 Å². The van der Waals surface area contributed by atoms with E-state index < -0.39 is 5.97 Å². The number of rotatable bonds is 5. The summed E-state index contributed by atoms with van der Waals surface area (Å²) in [5.41, 5.74) is 0. The maximum atomic E-state index is 11.8. The zero-order valence-electron chi connectivity index (χ0n) is 11.3. The Morgan fingerprint density at radius 2 is 2.00 bits per heavy atom. The number of aliphatic carboxylic acids is 1. The topological polar surface area (TPSA) is 75.6 Å². The van der Waals surface area contributed by atoms with Gasteiger partial charge in [-0.2, -0.15) is 0 Å². The molecule has 0 aromatic rings. The number of hydrogen-bond acceptors (Lipinski definition) is 3. The summed E-state index contributed by atoms with van der Waals surface area (Å²) in [5.74, 6) is -0.935. The van der Waals surface area contributed by atoms with Crippen LogP contribution in [0.3, 0.4) is 0 Å². The molecule has 1 aliphatic heterocycles. The molecule has 2 rings (SSSR count). The third kappa shape index (κ3) is 4.20. The molecule has 0 aromatic heterocycles. The number of carbonyl (C=O) groups excluding carboxylic acids is 1. The molecule has 0 radical (unpaired) electrons. The molecule has 2 fully saturated rings. The largest absolute Gasteiger partial charge is 0.481 e. The van der Waals surface area contributed by atoms with Crippen LogP contribution in [0.4, 0.5) is 0 Å². The van der Waals surface area contributed by atoms with Gasteiger partial charge in [0.2, 0.25) is 5.91 Å². The van der Waals surface area contributed by atoms with Crippen LogP contribution in [0.15, 0.2) is 0 Å². The molecule has 3 unspecified atom stereocenters. The molecule has 0 aromatic carbocycles. The van der Waals surface area contributed by atoms with Crippen molar-refractivity contribution in [1.29, 1.82) is 0 Å². The zero-order valence-corrected chi connectivity index (χ0v) is 11.3. The van der Waals surface area contributed by atoms with Crippen LogP contribution in [-0.4, -0.2) is 36.2 Å². The van der Waals surface area contributed by atoms with Gasteiger partial charge >= 0.3 is 5.97 Å². The number of hydrogen-bond donors (Lipinski definition) is 2. The third-order valence-electron chi connectivity index (χ3n) is 4.22. The predicted molar refractivity (Wildman–Crippen MR) is 69.7 cm³/mol. The molecule has 5 nitrogen and oxygen atoms in total. The Bertz CT molecular complexity index is 325. The van der Waals surface area contributed by atoms with Crippen LogP contribution in [0.1, 0.15) is 44.9 Å². The van der Waals surface area contributed by atoms with E-state index in [2.05, 4.69) is 5.32 Å². The highest BCUT2D eigenvalue weighted by molar-refractivity contribution is 5.76. The molecular formula is C14H23NO4. The fourth-order valence-electron chi connectivity index (χ4n) is 3.10. The van der Waals surface area contributed by atoms with Crippen molar-refractivity contribution >= 4 is 11.9 Å². The number of amides is 1. The smallest absolute Gasteiger partial charge is 0.306 e. The van der Waals surface area contributed by atoms with Crippen LogP contribution in [0, 0.1) is 11.8 Å². The lowest BCUT2D eigenvalue weighted by Gasteiger charge is -2.22. The van der Waals surface area contributed by atoms with Gasteiger partial charge < -0.3 is 15.2 Å². The van der Waals surface area contributed by atoms with Crippen molar-refractivity contribution in [1.82, 2.24) is 5.32 Å². The fraction of sp³-hybridized carbons (Fsp3) is 0.857. The average Bonchev–Trinajstić information content (AvgIpc) is 2.86. The summed E-state index contributed by atoms with van der Waals surface area (Å²) in [4.78, 5) is 22.8. The summed E-state index contributed by atoms with van der Waals surface area (Å²) in [7, 11) is 0. The Kier molecular flexibility index (Phi) is 5.19. The molecule has 108 valence electrons. The first-order chi connectivity index (χ1) is 9.16. The molecule has 1 saturated heterocycles. The van der Waals surface area contributed by atoms with Crippen LogP contribution in [0.25, 0.3) is 0 Å². The highest BCUT2D eigenvalue weighted by Crippen LogP contribution is 2.31. The first kappa shape index (κ1) is 14.3. The Balaban J connectivity index is 1.69. The highest BCUT2D eigenvalue weighted by Gasteiger charge is 2.33. The van der Waals surface area contributed by atoms with E-state index in [0.717, 1.165) is 45.1 Å². The standard InChI is InChI=1S/C14H23NO4/c16-13(8-11-5-1-2-7-19-11)15-9-10-4-3-6-12(10)14(17)18/h10-12H,1-9H2,(H,15,16)(H,17,18). The molecule has 1 amide bonds. The van der Waals surface area contributed by atoms with Gasteiger partial charge in [0.25, 0.3) is 0 Å². The summed E-state index contributed by atoms with van der Waals surface area (Å²) in [5, 5.41) is 12.0. The van der Waals surface area contributed by atoms with Crippen molar-refractivity contribution in [3.05, 3.63) is 0 Å². The van der Waals surface area contributed by atoms with Crippen molar-refractivity contribution in [3.63, 3.8) is 0 Å². The summed E-state index contributed by atoms with van der Waals surface area (Å²) >= 11 is 0. The predicted octanol–water partition coefficient (Wildman–Crippen LogP) is 1.56. The molecule has 5 heteroatoms. The summed E-state index contributed by atoms with van der Waals surface area (Å²) < 4.78 is 5.52. The first-order valence-electron chi connectivity index (χ1n) is 7.28. The lowest BCUT2D eigenvalue weighted by Crippen LogP contribution is -2.35. The fourth-order valence-corrected chi connectivity index (χ4v) is 3.10. The molecule has 19 heavy (non-hydrogen) atoms. The van der Waals surface area contributed by atoms with Gasteiger partial charge in [0, 0.05) is 13.2 Å². The Hall–Kier alpha value is -1.10. The van der Waals surface area contributed by atoms with E-state index in [-0.39, 0.29) is 23.8 Å². The molecular weight excluding hydrogens is 246 g/mol. The normalized spacial score (nSPS) is 31.1. The lowest BCUT2D eigenvalue weighted by molar-refractivity contribution is -0.143. The monoisotopic (exact) mass is 269 g/mol. The molecule has 2 N–H and O–H groups in total. The first-order valence-corrected chi connectivity index (χ1v) is 7.28. The van der Waals surface area contributed by atoms with Crippen LogP contribution >= 0.6 is 0 Å². The van der Waals surface area contributed by atoms with E-state index in [1.54, 1.807) is 0 Å². The van der Waals surface area contributed by atoms with Gasteiger partial charge in [-0.25, -0.2) is 0 Å². The molecule has 1 heterocycles. The molecule has 0 bridgehead atoms. The quantitative estimate of drug-likeness (QED) is 0.794.